The Hall–Kier alpha value is -13.8. The van der Waals surface area contributed by atoms with Crippen molar-refractivity contribution in [2.75, 3.05) is 65.2 Å². The molecule has 12 aromatic rings. The third-order valence-electron chi connectivity index (χ3n) is 22.1. The van der Waals surface area contributed by atoms with E-state index in [1.165, 1.54) is 65.1 Å². The summed E-state index contributed by atoms with van der Waals surface area (Å²) in [6.45, 7) is 4.73. The number of allylic oxidation sites excluding steroid dienone is 4. The zero-order chi connectivity index (χ0) is 108. The molecule has 2 aromatic heterocycles. The minimum atomic E-state index is -4.19. The zero-order valence-corrected chi connectivity index (χ0v) is 88.4. The van der Waals surface area contributed by atoms with E-state index in [4.69, 9.17) is 77.3 Å². The fraction of sp³-hybridized carbons (Fsp3) is 0.206. The number of Topliss-reactive ketones (excluding diaryl/α,β-unsaturated/α-hetero) is 1. The highest BCUT2D eigenvalue weighted by Gasteiger charge is 2.56. The van der Waals surface area contributed by atoms with Crippen molar-refractivity contribution < 1.29 is 73.6 Å². The van der Waals surface area contributed by atoms with E-state index in [-0.39, 0.29) is 148 Å². The molecule has 0 unspecified atom stereocenters. The number of para-hydroxylation sites is 4. The lowest BCUT2D eigenvalue weighted by Crippen LogP contribution is -2.41. The Balaban J connectivity index is 0.000000189. The quantitative estimate of drug-likeness (QED) is 0.00365. The van der Waals surface area contributed by atoms with Crippen LogP contribution in [0.2, 0.25) is 5.02 Å². The number of pyridine rings is 1. The van der Waals surface area contributed by atoms with Gasteiger partial charge in [-0.05, 0) is 249 Å². The molecular formula is C102H97ClF7I2N19O12S5. The number of aromatic nitrogens is 3. The Labute approximate surface area is 894 Å². The Morgan fingerprint density at radius 2 is 1.09 bits per heavy atom. The van der Waals surface area contributed by atoms with Crippen LogP contribution in [0.5, 0.6) is 5.75 Å². The van der Waals surface area contributed by atoms with Gasteiger partial charge in [0.2, 0.25) is 10.0 Å². The maximum absolute atomic E-state index is 14.8. The van der Waals surface area contributed by atoms with Gasteiger partial charge in [-0.3, -0.25) is 42.4 Å². The van der Waals surface area contributed by atoms with Gasteiger partial charge in [0.1, 0.15) is 86.8 Å². The molecule has 0 bridgehead atoms. The molecule has 31 nitrogen and oxygen atoms in total. The number of aliphatic hydroxyl groups is 3. The largest absolute Gasteiger partial charge is 0.494 e. The molecule has 0 aliphatic heterocycles. The Morgan fingerprint density at radius 3 is 1.53 bits per heavy atom. The molecule has 10 aromatic carbocycles. The number of benzene rings is 10. The molecule has 23 N–H and O–H groups in total. The van der Waals surface area contributed by atoms with Gasteiger partial charge in [0.25, 0.3) is 17.0 Å². The normalized spacial score (nSPS) is 13.4. The first-order chi connectivity index (χ1) is 70.4. The van der Waals surface area contributed by atoms with Gasteiger partial charge in [-0.15, -0.1) is 0 Å². The van der Waals surface area contributed by atoms with E-state index in [2.05, 4.69) is 20.8 Å². The average molecular weight is 2360 g/mol. The Kier molecular flexibility index (Phi) is 41.7. The van der Waals surface area contributed by atoms with E-state index in [1.54, 1.807) is 123 Å². The zero-order valence-electron chi connectivity index (χ0n) is 79.3. The molecule has 2 heterocycles. The predicted octanol–water partition coefficient (Wildman–Crippen LogP) is 18.3. The van der Waals surface area contributed by atoms with Gasteiger partial charge >= 0.3 is 5.69 Å². The monoisotopic (exact) mass is 2360 g/mol. The number of carbonyl (C=O) groups is 2. The van der Waals surface area contributed by atoms with Gasteiger partial charge in [0.05, 0.1) is 95.8 Å². The summed E-state index contributed by atoms with van der Waals surface area (Å²) in [7, 11) is -1.51. The van der Waals surface area contributed by atoms with Crippen molar-refractivity contribution in [1.82, 2.24) is 19.2 Å². The lowest BCUT2D eigenvalue weighted by Gasteiger charge is -2.23. The molecule has 15 rings (SSSR count). The number of nitrogens with one attached hydrogen (secondary N) is 4. The Morgan fingerprint density at radius 1 is 0.601 bits per heavy atom. The number of nitrogens with zero attached hydrogens (tertiary/aromatic N) is 7. The average Bonchev–Trinajstić information content (AvgIpc) is 1.10. The molecule has 772 valence electrons. The van der Waals surface area contributed by atoms with Crippen molar-refractivity contribution in [2.45, 2.75) is 115 Å². The molecular weight excluding hydrogens is 2270 g/mol. The van der Waals surface area contributed by atoms with Gasteiger partial charge in [-0.1, -0.05) is 125 Å². The number of methoxy groups -OCH3 is 1. The predicted molar refractivity (Wildman–Crippen MR) is 580 cm³/mol. The van der Waals surface area contributed by atoms with Crippen LogP contribution in [0, 0.1) is 106 Å². The van der Waals surface area contributed by atoms with Gasteiger partial charge in [-0.25, -0.2) is 49.4 Å². The maximum Gasteiger partial charge on any atom is 0.336 e. The summed E-state index contributed by atoms with van der Waals surface area (Å²) in [4.78, 5) is 72.8. The number of thioether (sulfide) groups is 4. The van der Waals surface area contributed by atoms with Gasteiger partial charge in [-0.2, -0.15) is 21.0 Å². The van der Waals surface area contributed by atoms with Crippen molar-refractivity contribution in [3.05, 3.63) is 348 Å². The molecule has 0 saturated heterocycles. The third kappa shape index (κ3) is 29.8. The highest BCUT2D eigenvalue weighted by Crippen LogP contribution is 2.50. The van der Waals surface area contributed by atoms with Crippen LogP contribution < -0.4 is 88.3 Å². The van der Waals surface area contributed by atoms with Crippen LogP contribution in [-0.2, 0) is 39.5 Å². The second-order valence-corrected chi connectivity index (χ2v) is 42.2. The summed E-state index contributed by atoms with van der Waals surface area (Å²) < 4.78 is 136. The van der Waals surface area contributed by atoms with Crippen molar-refractivity contribution in [3.8, 4) is 35.7 Å². The van der Waals surface area contributed by atoms with E-state index in [9.17, 15) is 89.3 Å². The molecule has 1 amide bonds. The molecule has 3 saturated carbocycles. The number of amides is 1. The van der Waals surface area contributed by atoms with Crippen LogP contribution in [0.25, 0.3) is 16.6 Å². The minimum Gasteiger partial charge on any atom is -0.494 e. The number of aryl methyl sites for hydroxylation is 1. The summed E-state index contributed by atoms with van der Waals surface area (Å²) in [5, 5.41) is 70.5. The summed E-state index contributed by atoms with van der Waals surface area (Å²) in [6, 6.07) is 57.8. The molecule has 3 aliphatic rings. The summed E-state index contributed by atoms with van der Waals surface area (Å²) in [5.74, 6) is -7.27. The van der Waals surface area contributed by atoms with E-state index in [0.29, 0.717) is 92.2 Å². The molecule has 46 heteroatoms. The summed E-state index contributed by atoms with van der Waals surface area (Å²) in [6.07, 6.45) is 2.20. The second kappa shape index (κ2) is 53.2. The number of hydrogen-bond acceptors (Lipinski definition) is 30. The molecule has 0 spiro atoms. The molecule has 0 radical (unpaired) electrons. The summed E-state index contributed by atoms with van der Waals surface area (Å²) in [5.41, 5.74) is 51.1. The van der Waals surface area contributed by atoms with Crippen LogP contribution in [-0.4, -0.2) is 86.9 Å². The smallest absolute Gasteiger partial charge is 0.336 e. The number of nitrogen functional groups attached to an aromatic ring is 4. The minimum absolute atomic E-state index is 0.000237. The van der Waals surface area contributed by atoms with E-state index in [1.807, 2.05) is 93.7 Å². The first kappa shape index (κ1) is 116. The van der Waals surface area contributed by atoms with Crippen LogP contribution in [0.1, 0.15) is 97.4 Å². The highest BCUT2D eigenvalue weighted by molar-refractivity contribution is 14.1. The number of hydrogen-bond donors (Lipinski definition) is 15. The molecule has 3 fully saturated rings. The summed E-state index contributed by atoms with van der Waals surface area (Å²) >= 11 is 14.2. The first-order valence-corrected chi connectivity index (χ1v) is 51.7. The number of nitrogens with two attached hydrogens (primary N) is 8. The fourth-order valence-electron chi connectivity index (χ4n) is 14.1. The van der Waals surface area contributed by atoms with Gasteiger partial charge < -0.3 is 76.6 Å². The number of sulfonamides is 1. The van der Waals surface area contributed by atoms with Crippen LogP contribution in [0.15, 0.2) is 270 Å². The first-order valence-electron chi connectivity index (χ1n) is 44.4. The van der Waals surface area contributed by atoms with Crippen molar-refractivity contribution in [3.63, 3.8) is 0 Å². The number of ether oxygens (including phenoxy) is 1. The number of ketones is 1. The third-order valence-corrected chi connectivity index (χ3v) is 30.0. The number of hydroxylamine groups is 1. The topological polar surface area (TPSA) is 565 Å². The number of nitriles is 4. The lowest BCUT2D eigenvalue weighted by atomic mass is 10.0. The van der Waals surface area contributed by atoms with E-state index < -0.39 is 109 Å². The van der Waals surface area contributed by atoms with Crippen LogP contribution in [0.3, 0.4) is 0 Å². The van der Waals surface area contributed by atoms with Crippen molar-refractivity contribution in [2.24, 2.45) is 35.9 Å². The van der Waals surface area contributed by atoms with Crippen molar-refractivity contribution in [1.29, 1.82) is 21.0 Å². The van der Waals surface area contributed by atoms with Crippen LogP contribution >= 0.6 is 104 Å². The number of rotatable bonds is 31. The Bertz CT molecular complexity index is 7380. The van der Waals surface area contributed by atoms with E-state index >= 15 is 0 Å². The molecule has 148 heavy (non-hydrogen) atoms. The molecule has 1 atom stereocenters. The van der Waals surface area contributed by atoms with Gasteiger partial charge in [0.15, 0.2) is 23.3 Å². The number of aliphatic hydroxyl groups excluding tert-OH is 3. The van der Waals surface area contributed by atoms with Crippen molar-refractivity contribution >= 4 is 188 Å². The number of carbonyl (C=O) groups excluding carboxylic acids is 2. The molecule has 3 aliphatic carbocycles. The fourth-order valence-corrected chi connectivity index (χ4v) is 20.3. The van der Waals surface area contributed by atoms with E-state index in [0.717, 1.165) is 84.2 Å². The standard InChI is InChI=1S/C27H24FIN4O4.C20H21F3INO5S.2C18H16N6S2.C17H14ClF3N2O2.C2H6O/c1-14(34)11-16-5-4-6-19(12-16)32-23-15(2)25(35)31(3)24(30-21-10-7-17(29)13-20(21)28)22(23)26(36)33(27(32)37)18-8-9-18;1-30-17-8-16(22)18(23)14(6-11-2-3-12(24)7-15(11)21)19(17)25-31(28,29)20(4-5-20)9-13(27)10-26;2*19-9-11(17(23)25-15-7-3-1-5-13(15)21)12(10-20)18(24)26-16-8-4-2-6-14(16)22;18-12-7-10(19)3-6-14(12)22-16-11(4-5-13(20)15(16)21)17(24)23-25-8-9-1-2-9;1-2-3/h4-7,10,12-13,18,30H,8-9,11H2,1-3H3;2-3,7-8,13,25-27H,4-6,9-10H2,1H3;2*1-8H,21-24H2;3-7,9,22H,1-2,8H2,(H,23,24);3H,2H2,1H3/b;;2*17-11+,18-12+;;/t;13-;;;;/m.0..../s1. The van der Waals surface area contributed by atoms with Gasteiger partial charge in [0, 0.05) is 99.2 Å². The number of fused-ring (bicyclic) bond motifs is 1. The lowest BCUT2D eigenvalue weighted by molar-refractivity contribution is -0.116. The highest BCUT2D eigenvalue weighted by atomic mass is 127. The SMILES string of the molecule is CC(=O)Cc1cccc(-n2c(=O)n(C3CC3)c(=O)c3c(Nc4ccc(I)cc4F)n(C)c(=O)c(C)c32)c1.CCO.COc1cc(F)c(F)c(Cc2ccc(I)cc2F)c1NS(=O)(=O)C1(C[C@H](O)CO)CC1.N#CC(=C(/N)Sc1ccccc1N)/C(C#N)=C(\N)Sc1ccccc1N.N#CC(=C(/N)Sc1ccccc1N)/C(C#N)=C(\N)Sc1ccccc1N.O=C(NOCC1CC1)c1ccc(F)c(F)c1Nc1ccc(F)cc1Cl. The second-order valence-electron chi connectivity index (χ2n) is 32.9. The number of halogens is 10. The number of anilines is 9. The van der Waals surface area contributed by atoms with Crippen LogP contribution in [0.4, 0.5) is 82.0 Å². The maximum atomic E-state index is 14.8.